The molecule has 0 aromatic heterocycles. The summed E-state index contributed by atoms with van der Waals surface area (Å²) in [5.41, 5.74) is 2.37. The van der Waals surface area contributed by atoms with E-state index in [1.807, 2.05) is 6.07 Å². The Morgan fingerprint density at radius 3 is 2.60 bits per heavy atom. The summed E-state index contributed by atoms with van der Waals surface area (Å²) in [5, 5.41) is 4.67. The largest absolute Gasteiger partial charge is 0.306 e. The molecular weight excluding hydrogens is 184 g/mol. The van der Waals surface area contributed by atoms with Crippen LogP contribution < -0.4 is 5.01 Å². The summed E-state index contributed by atoms with van der Waals surface area (Å²) in [7, 11) is 2.16. The summed E-state index contributed by atoms with van der Waals surface area (Å²) >= 11 is 0. The number of benzene rings is 1. The van der Waals surface area contributed by atoms with Gasteiger partial charge in [-0.15, -0.1) is 0 Å². The first-order chi connectivity index (χ1) is 7.29. The lowest BCUT2D eigenvalue weighted by atomic mass is 10.2. The fourth-order valence-electron chi connectivity index (χ4n) is 2.14. The number of para-hydroxylation sites is 1. The monoisotopic (exact) mass is 203 g/mol. The highest BCUT2D eigenvalue weighted by Crippen LogP contribution is 2.23. The molecule has 1 aromatic rings. The Hall–Kier alpha value is -1.02. The van der Waals surface area contributed by atoms with Crippen LogP contribution in [0.3, 0.4) is 0 Å². The fourth-order valence-corrected chi connectivity index (χ4v) is 2.14. The van der Waals surface area contributed by atoms with Gasteiger partial charge in [0.15, 0.2) is 0 Å². The van der Waals surface area contributed by atoms with Gasteiger partial charge < -0.3 is 5.01 Å². The molecule has 1 aliphatic heterocycles. The highest BCUT2D eigenvalue weighted by atomic mass is 15.6. The van der Waals surface area contributed by atoms with Crippen molar-refractivity contribution < 1.29 is 0 Å². The van der Waals surface area contributed by atoms with Crippen LogP contribution in [0.15, 0.2) is 24.3 Å². The van der Waals surface area contributed by atoms with Crippen LogP contribution in [0.2, 0.25) is 0 Å². The van der Waals surface area contributed by atoms with Crippen LogP contribution in [0.4, 0.5) is 5.69 Å². The molecule has 2 rings (SSSR count). The van der Waals surface area contributed by atoms with Crippen molar-refractivity contribution in [3.05, 3.63) is 36.8 Å². The average molecular weight is 203 g/mol. The van der Waals surface area contributed by atoms with Crippen molar-refractivity contribution in [2.24, 2.45) is 0 Å². The Kier molecular flexibility index (Phi) is 3.27. The van der Waals surface area contributed by atoms with Crippen LogP contribution in [-0.2, 0) is 0 Å². The SMILES string of the molecule is [CH2]c1ccccc1N1CCCCCN1C. The molecule has 1 aromatic carbocycles. The second-order valence-electron chi connectivity index (χ2n) is 4.19. The maximum atomic E-state index is 4.09. The zero-order valence-electron chi connectivity index (χ0n) is 9.45. The zero-order chi connectivity index (χ0) is 10.7. The van der Waals surface area contributed by atoms with E-state index in [0.717, 1.165) is 18.7 Å². The van der Waals surface area contributed by atoms with Gasteiger partial charge in [0.05, 0.1) is 5.69 Å². The normalized spacial score (nSPS) is 18.9. The van der Waals surface area contributed by atoms with Gasteiger partial charge in [0.2, 0.25) is 0 Å². The number of anilines is 1. The van der Waals surface area contributed by atoms with Gasteiger partial charge in [-0.3, -0.25) is 0 Å². The van der Waals surface area contributed by atoms with Gasteiger partial charge in [-0.25, -0.2) is 5.01 Å². The number of rotatable bonds is 1. The van der Waals surface area contributed by atoms with Gasteiger partial charge in [0, 0.05) is 20.1 Å². The molecule has 0 amide bonds. The quantitative estimate of drug-likeness (QED) is 0.692. The van der Waals surface area contributed by atoms with Gasteiger partial charge in [-0.05, 0) is 31.4 Å². The van der Waals surface area contributed by atoms with E-state index in [-0.39, 0.29) is 0 Å². The Labute approximate surface area is 92.5 Å². The number of hydrazine groups is 1. The fraction of sp³-hybridized carbons (Fsp3) is 0.462. The van der Waals surface area contributed by atoms with E-state index in [0.29, 0.717) is 0 Å². The summed E-state index contributed by atoms with van der Waals surface area (Å²) in [6, 6.07) is 8.37. The molecule has 0 saturated carbocycles. The number of hydrogen-bond donors (Lipinski definition) is 0. The van der Waals surface area contributed by atoms with Crippen LogP contribution in [0.5, 0.6) is 0 Å². The molecule has 1 aliphatic rings. The molecule has 15 heavy (non-hydrogen) atoms. The summed E-state index contributed by atoms with van der Waals surface area (Å²) in [6.07, 6.45) is 3.91. The molecule has 1 saturated heterocycles. The van der Waals surface area contributed by atoms with Crippen molar-refractivity contribution >= 4 is 5.69 Å². The van der Waals surface area contributed by atoms with Gasteiger partial charge in [0.1, 0.15) is 0 Å². The lowest BCUT2D eigenvalue weighted by Gasteiger charge is -2.33. The van der Waals surface area contributed by atoms with E-state index >= 15 is 0 Å². The van der Waals surface area contributed by atoms with Crippen LogP contribution >= 0.6 is 0 Å². The topological polar surface area (TPSA) is 6.48 Å². The van der Waals surface area contributed by atoms with Crippen molar-refractivity contribution in [3.8, 4) is 0 Å². The van der Waals surface area contributed by atoms with E-state index in [4.69, 9.17) is 0 Å². The summed E-state index contributed by atoms with van der Waals surface area (Å²) in [5.74, 6) is 0. The number of nitrogens with zero attached hydrogens (tertiary/aromatic N) is 2. The minimum atomic E-state index is 1.11. The predicted molar refractivity (Wildman–Crippen MR) is 64.7 cm³/mol. The van der Waals surface area contributed by atoms with Crippen molar-refractivity contribution in [2.75, 3.05) is 25.1 Å². The minimum Gasteiger partial charge on any atom is -0.306 e. The molecule has 1 fully saturated rings. The lowest BCUT2D eigenvalue weighted by Crippen LogP contribution is -2.40. The average Bonchev–Trinajstić information content (AvgIpc) is 2.44. The zero-order valence-corrected chi connectivity index (χ0v) is 9.45. The molecule has 81 valence electrons. The molecule has 0 N–H and O–H groups in total. The van der Waals surface area contributed by atoms with Gasteiger partial charge in [-0.1, -0.05) is 24.6 Å². The maximum absolute atomic E-state index is 4.09. The van der Waals surface area contributed by atoms with Gasteiger partial charge >= 0.3 is 0 Å². The molecule has 0 spiro atoms. The van der Waals surface area contributed by atoms with Gasteiger partial charge in [-0.2, -0.15) is 0 Å². The molecular formula is C13H19N2. The predicted octanol–water partition coefficient (Wildman–Crippen LogP) is 2.71. The van der Waals surface area contributed by atoms with Crippen molar-refractivity contribution in [1.82, 2.24) is 5.01 Å². The minimum absolute atomic E-state index is 1.11. The lowest BCUT2D eigenvalue weighted by molar-refractivity contribution is 0.321. The standard InChI is InChI=1S/C13H19N2/c1-12-8-4-5-9-13(12)15-11-7-3-6-10-14(15)2/h4-5,8-9H,1,3,6-7,10-11H2,2H3. The van der Waals surface area contributed by atoms with Crippen molar-refractivity contribution in [2.45, 2.75) is 19.3 Å². The van der Waals surface area contributed by atoms with Crippen LogP contribution in [0, 0.1) is 6.92 Å². The third-order valence-corrected chi connectivity index (χ3v) is 3.03. The molecule has 1 radical (unpaired) electrons. The Balaban J connectivity index is 2.24. The Morgan fingerprint density at radius 1 is 1.07 bits per heavy atom. The Bertz CT molecular complexity index is 322. The van der Waals surface area contributed by atoms with Crippen LogP contribution in [0.25, 0.3) is 0 Å². The smallest absolute Gasteiger partial charge is 0.0554 e. The molecule has 0 atom stereocenters. The highest BCUT2D eigenvalue weighted by molar-refractivity contribution is 5.54. The van der Waals surface area contributed by atoms with Crippen LogP contribution in [0.1, 0.15) is 24.8 Å². The van der Waals surface area contributed by atoms with E-state index in [2.05, 4.69) is 42.2 Å². The van der Waals surface area contributed by atoms with E-state index in [9.17, 15) is 0 Å². The second-order valence-corrected chi connectivity index (χ2v) is 4.19. The summed E-state index contributed by atoms with van der Waals surface area (Å²) in [6.45, 7) is 6.35. The molecule has 0 aliphatic carbocycles. The highest BCUT2D eigenvalue weighted by Gasteiger charge is 2.16. The summed E-state index contributed by atoms with van der Waals surface area (Å²) in [4.78, 5) is 0. The molecule has 1 heterocycles. The van der Waals surface area contributed by atoms with Gasteiger partial charge in [0.25, 0.3) is 0 Å². The van der Waals surface area contributed by atoms with Crippen molar-refractivity contribution in [1.29, 1.82) is 0 Å². The second kappa shape index (κ2) is 4.67. The first-order valence-corrected chi connectivity index (χ1v) is 5.68. The Morgan fingerprint density at radius 2 is 1.80 bits per heavy atom. The van der Waals surface area contributed by atoms with Crippen molar-refractivity contribution in [3.63, 3.8) is 0 Å². The first-order valence-electron chi connectivity index (χ1n) is 5.68. The molecule has 0 unspecified atom stereocenters. The molecule has 2 heteroatoms. The van der Waals surface area contributed by atoms with E-state index in [1.165, 1.54) is 24.9 Å². The maximum Gasteiger partial charge on any atom is 0.0554 e. The molecule has 2 nitrogen and oxygen atoms in total. The van der Waals surface area contributed by atoms with E-state index in [1.54, 1.807) is 0 Å². The number of hydrogen-bond acceptors (Lipinski definition) is 2. The third-order valence-electron chi connectivity index (χ3n) is 3.03. The summed E-state index contributed by atoms with van der Waals surface area (Å²) < 4.78 is 0. The van der Waals surface area contributed by atoms with E-state index < -0.39 is 0 Å². The third kappa shape index (κ3) is 2.32. The first kappa shape index (κ1) is 10.5. The molecule has 0 bridgehead atoms. The van der Waals surface area contributed by atoms with Crippen LogP contribution in [-0.4, -0.2) is 25.1 Å².